The summed E-state index contributed by atoms with van der Waals surface area (Å²) in [6.07, 6.45) is -1.06. The number of nitrogens with two attached hydrogens (primary N) is 1. The molecule has 0 spiro atoms. The number of carboxylic acid groups (broad SMARTS) is 1. The Bertz CT molecular complexity index is 640. The van der Waals surface area contributed by atoms with Gasteiger partial charge in [-0.15, -0.1) is 23.4 Å². The molecule has 1 fully saturated rings. The number of aliphatic carboxylic acids is 1. The first kappa shape index (κ1) is 18.4. The van der Waals surface area contributed by atoms with E-state index in [-0.39, 0.29) is 29.5 Å². The quantitative estimate of drug-likeness (QED) is 0.303. The zero-order chi connectivity index (χ0) is 18.1. The zero-order valence-corrected chi connectivity index (χ0v) is 14.0. The molecule has 132 valence electrons. The molecule has 1 saturated heterocycles. The highest BCUT2D eigenvalue weighted by Gasteiger charge is 2.66. The number of ether oxygens (including phenoxy) is 2. The van der Waals surface area contributed by atoms with Gasteiger partial charge in [0.15, 0.2) is 0 Å². The van der Waals surface area contributed by atoms with Gasteiger partial charge in [-0.1, -0.05) is 0 Å². The summed E-state index contributed by atoms with van der Waals surface area (Å²) in [5.74, 6) is -2.99. The van der Waals surface area contributed by atoms with Crippen LogP contribution in [0.2, 0.25) is 0 Å². The first-order valence-electron chi connectivity index (χ1n) is 6.53. The van der Waals surface area contributed by atoms with Gasteiger partial charge in [-0.3, -0.25) is 14.5 Å². The van der Waals surface area contributed by atoms with Gasteiger partial charge in [-0.2, -0.15) is 0 Å². The number of hydrogen-bond donors (Lipinski definition) is 3. The minimum absolute atomic E-state index is 0.144. The predicted octanol–water partition coefficient (Wildman–Crippen LogP) is -0.967. The Morgan fingerprint density at radius 1 is 1.54 bits per heavy atom. The molecule has 0 aliphatic carbocycles. The van der Waals surface area contributed by atoms with Crippen molar-refractivity contribution in [2.45, 2.75) is 11.1 Å². The molecule has 12 heteroatoms. The molecule has 10 nitrogen and oxygen atoms in total. The number of hydrogen-bond acceptors (Lipinski definition) is 7. The molecule has 2 rings (SSSR count). The van der Waals surface area contributed by atoms with Gasteiger partial charge in [0.2, 0.25) is 5.91 Å². The van der Waals surface area contributed by atoms with Crippen molar-refractivity contribution in [2.75, 3.05) is 25.3 Å². The van der Waals surface area contributed by atoms with Crippen molar-refractivity contribution in [1.82, 2.24) is 10.2 Å². The second-order valence-corrected chi connectivity index (χ2v) is 6.16. The molecule has 0 saturated carbocycles. The van der Waals surface area contributed by atoms with Crippen LogP contribution in [-0.2, 0) is 23.9 Å². The molecule has 0 bridgehead atoms. The van der Waals surface area contributed by atoms with E-state index in [1.807, 2.05) is 0 Å². The third-order valence-corrected chi connectivity index (χ3v) is 5.09. The van der Waals surface area contributed by atoms with Crippen LogP contribution < -0.4 is 11.1 Å². The smallest absolute Gasteiger partial charge is 0.404 e. The monoisotopic (exact) mass is 379 g/mol. The van der Waals surface area contributed by atoms with Gasteiger partial charge in [0.1, 0.15) is 23.6 Å². The Hall–Kier alpha value is -1.98. The third kappa shape index (κ3) is 2.89. The Balaban J connectivity index is 2.32. The van der Waals surface area contributed by atoms with E-state index in [1.54, 1.807) is 0 Å². The predicted molar refractivity (Wildman–Crippen MR) is 81.9 cm³/mol. The van der Waals surface area contributed by atoms with E-state index in [1.165, 1.54) is 7.11 Å². The van der Waals surface area contributed by atoms with Gasteiger partial charge >= 0.3 is 12.1 Å². The van der Waals surface area contributed by atoms with Crippen molar-refractivity contribution in [2.24, 2.45) is 5.73 Å². The number of primary amides is 1. The third-order valence-electron chi connectivity index (χ3n) is 3.47. The highest BCUT2D eigenvalue weighted by molar-refractivity contribution is 8.00. The number of halogens is 1. The summed E-state index contributed by atoms with van der Waals surface area (Å²) in [4.78, 5) is 47.3. The van der Waals surface area contributed by atoms with Crippen molar-refractivity contribution in [3.63, 3.8) is 0 Å². The molecule has 4 N–H and O–H groups in total. The number of nitrogens with one attached hydrogen (secondary N) is 1. The Morgan fingerprint density at radius 2 is 2.21 bits per heavy atom. The summed E-state index contributed by atoms with van der Waals surface area (Å²) >= 11 is 6.58. The summed E-state index contributed by atoms with van der Waals surface area (Å²) in [6.45, 7) is -0.353. The van der Waals surface area contributed by atoms with Crippen molar-refractivity contribution in [3.05, 3.63) is 11.3 Å². The number of amides is 3. The number of fused-ring (bicyclic) bond motifs is 1. The first-order valence-corrected chi connectivity index (χ1v) is 8.11. The number of thioether (sulfide) groups is 1. The highest BCUT2D eigenvalue weighted by atomic mass is 35.5. The summed E-state index contributed by atoms with van der Waals surface area (Å²) < 4.78 is 9.78. The molecule has 0 aromatic rings. The molecule has 2 atom stereocenters. The van der Waals surface area contributed by atoms with Crippen molar-refractivity contribution in [1.29, 1.82) is 0 Å². The fourth-order valence-electron chi connectivity index (χ4n) is 2.45. The second-order valence-electron chi connectivity index (χ2n) is 4.83. The normalized spacial score (nSPS) is 25.7. The lowest BCUT2D eigenvalue weighted by Crippen LogP contribution is -2.80. The lowest BCUT2D eigenvalue weighted by atomic mass is 9.98. The van der Waals surface area contributed by atoms with E-state index >= 15 is 0 Å². The van der Waals surface area contributed by atoms with E-state index in [4.69, 9.17) is 22.1 Å². The van der Waals surface area contributed by atoms with Gasteiger partial charge in [-0.05, 0) is 0 Å². The molecule has 2 aliphatic heterocycles. The molecule has 24 heavy (non-hydrogen) atoms. The number of carbonyl (C=O) groups is 4. The average Bonchev–Trinajstić information content (AvgIpc) is 2.55. The first-order chi connectivity index (χ1) is 11.3. The zero-order valence-electron chi connectivity index (χ0n) is 12.4. The second kappa shape index (κ2) is 6.87. The molecule has 0 radical (unpaired) electrons. The van der Waals surface area contributed by atoms with Gasteiger partial charge in [0.05, 0.1) is 0 Å². The molecular formula is C12H14ClN3O7S. The van der Waals surface area contributed by atoms with Crippen LogP contribution in [0.5, 0.6) is 0 Å². The van der Waals surface area contributed by atoms with Crippen LogP contribution in [0.1, 0.15) is 0 Å². The number of carboxylic acids is 1. The Morgan fingerprint density at radius 3 is 2.71 bits per heavy atom. The van der Waals surface area contributed by atoms with Crippen LogP contribution in [0.25, 0.3) is 0 Å². The number of methoxy groups -OCH3 is 1. The number of alkyl halides is 1. The van der Waals surface area contributed by atoms with Crippen molar-refractivity contribution in [3.8, 4) is 0 Å². The largest absolute Gasteiger partial charge is 0.477 e. The molecule has 2 aliphatic rings. The summed E-state index contributed by atoms with van der Waals surface area (Å²) in [5, 5.41) is 11.0. The van der Waals surface area contributed by atoms with E-state index in [0.29, 0.717) is 0 Å². The standard InChI is InChI=1S/C12H14ClN3O7S/c1-22-12(15-6(17)2-13)9(20)16-7(8(18)19)5(3-23-11(14)21)4-24-10(12)16/h10H,2-4H2,1H3,(H2,14,21)(H,15,17)(H,18,19)/t10-,12+/m1/s1. The van der Waals surface area contributed by atoms with Crippen LogP contribution in [0.4, 0.5) is 4.79 Å². The number of rotatable bonds is 6. The number of carbonyl (C=O) groups excluding carboxylic acids is 3. The molecule has 3 amide bonds. The van der Waals surface area contributed by atoms with Crippen LogP contribution in [0.15, 0.2) is 11.3 Å². The maximum atomic E-state index is 12.5. The Labute approximate surface area is 145 Å². The summed E-state index contributed by atoms with van der Waals surface area (Å²) in [6, 6.07) is 0. The van der Waals surface area contributed by atoms with Gasteiger partial charge in [0, 0.05) is 18.4 Å². The minimum atomic E-state index is -1.69. The maximum absolute atomic E-state index is 12.5. The van der Waals surface area contributed by atoms with Gasteiger partial charge in [-0.25, -0.2) is 9.59 Å². The summed E-state index contributed by atoms with van der Waals surface area (Å²) in [5.41, 5.74) is 3.07. The fraction of sp³-hybridized carbons (Fsp3) is 0.500. The van der Waals surface area contributed by atoms with Crippen molar-refractivity contribution >= 4 is 47.2 Å². The van der Waals surface area contributed by atoms with Crippen LogP contribution in [-0.4, -0.2) is 70.3 Å². The molecule has 0 aromatic carbocycles. The molecule has 0 aromatic heterocycles. The molecule has 2 heterocycles. The van der Waals surface area contributed by atoms with Crippen LogP contribution in [0.3, 0.4) is 0 Å². The van der Waals surface area contributed by atoms with Crippen LogP contribution in [0, 0.1) is 0 Å². The lowest BCUT2D eigenvalue weighted by molar-refractivity contribution is -0.192. The van der Waals surface area contributed by atoms with E-state index in [9.17, 15) is 24.3 Å². The van der Waals surface area contributed by atoms with E-state index < -0.39 is 35.0 Å². The van der Waals surface area contributed by atoms with Gasteiger partial charge < -0.3 is 25.6 Å². The maximum Gasteiger partial charge on any atom is 0.404 e. The molecular weight excluding hydrogens is 366 g/mol. The fourth-order valence-corrected chi connectivity index (χ4v) is 3.94. The highest BCUT2D eigenvalue weighted by Crippen LogP contribution is 2.46. The SMILES string of the molecule is CO[C@@]1(NC(=O)CCl)C(=O)N2C(C(=O)O)=C(COC(N)=O)CS[C@@H]21. The lowest BCUT2D eigenvalue weighted by Gasteiger charge is -2.55. The van der Waals surface area contributed by atoms with E-state index in [2.05, 4.69) is 10.1 Å². The van der Waals surface area contributed by atoms with Crippen molar-refractivity contribution < 1.29 is 33.8 Å². The molecule has 0 unspecified atom stereocenters. The number of β-lactam (4-membered cyclic amide) rings is 1. The minimum Gasteiger partial charge on any atom is -0.477 e. The van der Waals surface area contributed by atoms with Gasteiger partial charge in [0.25, 0.3) is 11.6 Å². The Kier molecular flexibility index (Phi) is 5.26. The van der Waals surface area contributed by atoms with E-state index in [0.717, 1.165) is 16.7 Å². The topological polar surface area (TPSA) is 148 Å². The summed E-state index contributed by atoms with van der Waals surface area (Å²) in [7, 11) is 1.22. The number of nitrogens with zero attached hydrogens (tertiary/aromatic N) is 1. The average molecular weight is 380 g/mol. The van der Waals surface area contributed by atoms with Crippen LogP contribution >= 0.6 is 23.4 Å².